The van der Waals surface area contributed by atoms with E-state index >= 15 is 0 Å². The number of anilines is 2. The van der Waals surface area contributed by atoms with Crippen molar-refractivity contribution in [2.45, 2.75) is 4.90 Å². The molecule has 0 aliphatic heterocycles. The van der Waals surface area contributed by atoms with Crippen LogP contribution in [0, 0.1) is 11.3 Å². The van der Waals surface area contributed by atoms with Crippen LogP contribution in [0.4, 0.5) is 11.4 Å². The van der Waals surface area contributed by atoms with Crippen LogP contribution in [0.3, 0.4) is 0 Å². The van der Waals surface area contributed by atoms with Crippen LogP contribution in [-0.2, 0) is 14.8 Å². The molecule has 2 aromatic carbocycles. The van der Waals surface area contributed by atoms with Gasteiger partial charge in [-0.25, -0.2) is 13.6 Å². The number of para-hydroxylation sites is 1. The molecule has 0 aromatic heterocycles. The maximum atomic E-state index is 12.1. The first-order chi connectivity index (χ1) is 11.8. The number of nitrogens with two attached hydrogens (primary N) is 1. The number of carbonyl (C=O) groups is 1. The predicted octanol–water partition coefficient (Wildman–Crippen LogP) is 2.45. The van der Waals surface area contributed by atoms with Crippen LogP contribution in [0.25, 0.3) is 0 Å². The molecule has 0 aliphatic carbocycles. The number of nitrogens with zero attached hydrogens (tertiary/aromatic N) is 1. The van der Waals surface area contributed by atoms with Crippen molar-refractivity contribution < 1.29 is 13.2 Å². The first kappa shape index (κ1) is 18.5. The zero-order valence-corrected chi connectivity index (χ0v) is 14.3. The van der Waals surface area contributed by atoms with Crippen LogP contribution < -0.4 is 15.8 Å². The number of carbonyl (C=O) groups excluding carboxylic acids is 1. The fourth-order valence-electron chi connectivity index (χ4n) is 1.80. The monoisotopic (exact) mass is 376 g/mol. The lowest BCUT2D eigenvalue weighted by Gasteiger charge is -2.07. The fraction of sp³-hybridized carbons (Fsp3) is 0. The number of hydrogen-bond donors (Lipinski definition) is 3. The van der Waals surface area contributed by atoms with Crippen LogP contribution in [0.5, 0.6) is 0 Å². The lowest BCUT2D eigenvalue weighted by atomic mass is 10.2. The summed E-state index contributed by atoms with van der Waals surface area (Å²) in [6.45, 7) is 0. The summed E-state index contributed by atoms with van der Waals surface area (Å²) in [6, 6.07) is 13.9. The van der Waals surface area contributed by atoms with E-state index < -0.39 is 15.9 Å². The van der Waals surface area contributed by atoms with Crippen molar-refractivity contribution in [1.82, 2.24) is 0 Å². The number of nitrogens with one attached hydrogen (secondary N) is 2. The Bertz CT molecular complexity index is 964. The second-order valence-corrected chi connectivity index (χ2v) is 6.79. The molecule has 0 aliphatic rings. The van der Waals surface area contributed by atoms with Crippen LogP contribution >= 0.6 is 11.6 Å². The van der Waals surface area contributed by atoms with Crippen molar-refractivity contribution >= 4 is 38.9 Å². The van der Waals surface area contributed by atoms with E-state index in [9.17, 15) is 13.2 Å². The Morgan fingerprint density at radius 3 is 2.36 bits per heavy atom. The molecule has 0 radical (unpaired) electrons. The number of benzene rings is 2. The third kappa shape index (κ3) is 5.06. The minimum absolute atomic E-state index is 0.0815. The minimum Gasteiger partial charge on any atom is -0.359 e. The van der Waals surface area contributed by atoms with E-state index in [0.29, 0.717) is 16.4 Å². The van der Waals surface area contributed by atoms with Gasteiger partial charge in [-0.3, -0.25) is 4.79 Å². The highest BCUT2D eigenvalue weighted by Gasteiger charge is 2.11. The standard InChI is InChI=1S/C16H13ClN4O3S/c17-14-3-1-2-4-15(14)20-10-11(9-18)16(22)21-12-5-7-13(8-6-12)25(19,23)24/h1-8,10,20H,(H,21,22)(H2,19,23,24)/b11-10-. The summed E-state index contributed by atoms with van der Waals surface area (Å²) in [4.78, 5) is 12.0. The van der Waals surface area contributed by atoms with Gasteiger partial charge in [0.1, 0.15) is 11.6 Å². The molecule has 0 unspecified atom stereocenters. The normalized spacial score (nSPS) is 11.5. The third-order valence-corrected chi connectivity index (χ3v) is 4.31. The number of halogens is 1. The lowest BCUT2D eigenvalue weighted by molar-refractivity contribution is -0.112. The summed E-state index contributed by atoms with van der Waals surface area (Å²) >= 11 is 5.98. The van der Waals surface area contributed by atoms with E-state index in [1.807, 2.05) is 0 Å². The molecule has 2 aromatic rings. The van der Waals surface area contributed by atoms with Gasteiger partial charge in [0.05, 0.1) is 15.6 Å². The van der Waals surface area contributed by atoms with E-state index in [4.69, 9.17) is 22.0 Å². The fourth-order valence-corrected chi connectivity index (χ4v) is 2.51. The number of sulfonamides is 1. The number of rotatable bonds is 5. The summed E-state index contributed by atoms with van der Waals surface area (Å²) < 4.78 is 22.4. The molecule has 0 bridgehead atoms. The molecule has 7 nitrogen and oxygen atoms in total. The maximum Gasteiger partial charge on any atom is 0.267 e. The van der Waals surface area contributed by atoms with Gasteiger partial charge < -0.3 is 10.6 Å². The number of hydrogen-bond acceptors (Lipinski definition) is 5. The topological polar surface area (TPSA) is 125 Å². The molecule has 0 saturated heterocycles. The minimum atomic E-state index is -3.81. The SMILES string of the molecule is N#C/C(=C/Nc1ccccc1Cl)C(=O)Nc1ccc(S(N)(=O)=O)cc1. The highest BCUT2D eigenvalue weighted by atomic mass is 35.5. The number of nitriles is 1. The van der Waals surface area contributed by atoms with Gasteiger partial charge in [0.15, 0.2) is 0 Å². The Morgan fingerprint density at radius 2 is 1.80 bits per heavy atom. The first-order valence-electron chi connectivity index (χ1n) is 6.87. The van der Waals surface area contributed by atoms with Gasteiger partial charge in [0.2, 0.25) is 10.0 Å². The van der Waals surface area contributed by atoms with Crippen LogP contribution in [0.1, 0.15) is 0 Å². The Balaban J connectivity index is 2.11. The average molecular weight is 377 g/mol. The average Bonchev–Trinajstić information content (AvgIpc) is 2.56. The molecule has 25 heavy (non-hydrogen) atoms. The molecule has 0 saturated carbocycles. The van der Waals surface area contributed by atoms with Crippen molar-refractivity contribution in [2.24, 2.45) is 5.14 Å². The first-order valence-corrected chi connectivity index (χ1v) is 8.79. The molecule has 0 fully saturated rings. The molecule has 0 atom stereocenters. The lowest BCUT2D eigenvalue weighted by Crippen LogP contribution is -2.15. The zero-order chi connectivity index (χ0) is 18.4. The molecule has 9 heteroatoms. The summed E-state index contributed by atoms with van der Waals surface area (Å²) in [5.74, 6) is -0.662. The van der Waals surface area contributed by atoms with E-state index in [0.717, 1.165) is 0 Å². The molecule has 0 heterocycles. The highest BCUT2D eigenvalue weighted by Crippen LogP contribution is 2.20. The largest absolute Gasteiger partial charge is 0.359 e. The number of primary sulfonamides is 1. The van der Waals surface area contributed by atoms with Gasteiger partial charge >= 0.3 is 0 Å². The van der Waals surface area contributed by atoms with Crippen LogP contribution in [0.15, 0.2) is 65.2 Å². The molecule has 4 N–H and O–H groups in total. The van der Waals surface area contributed by atoms with Gasteiger partial charge in [-0.05, 0) is 36.4 Å². The molecular formula is C16H13ClN4O3S. The van der Waals surface area contributed by atoms with E-state index in [1.165, 1.54) is 30.5 Å². The van der Waals surface area contributed by atoms with Crippen molar-refractivity contribution in [2.75, 3.05) is 10.6 Å². The summed E-state index contributed by atoms with van der Waals surface area (Å²) in [6.07, 6.45) is 1.23. The van der Waals surface area contributed by atoms with Gasteiger partial charge in [-0.1, -0.05) is 23.7 Å². The quantitative estimate of drug-likeness (QED) is 0.546. The Hall–Kier alpha value is -2.86. The van der Waals surface area contributed by atoms with Crippen LogP contribution in [-0.4, -0.2) is 14.3 Å². The Labute approximate surface area is 149 Å². The second-order valence-electron chi connectivity index (χ2n) is 4.82. The smallest absolute Gasteiger partial charge is 0.267 e. The van der Waals surface area contributed by atoms with Crippen LogP contribution in [0.2, 0.25) is 5.02 Å². The maximum absolute atomic E-state index is 12.1. The number of amides is 1. The predicted molar refractivity (Wildman–Crippen MR) is 95.2 cm³/mol. The van der Waals surface area contributed by atoms with Gasteiger partial charge in [0, 0.05) is 11.9 Å². The van der Waals surface area contributed by atoms with Gasteiger partial charge in [-0.15, -0.1) is 0 Å². The van der Waals surface area contributed by atoms with Gasteiger partial charge in [-0.2, -0.15) is 5.26 Å². The summed E-state index contributed by atoms with van der Waals surface area (Å²) in [5, 5.41) is 19.8. The Morgan fingerprint density at radius 1 is 1.16 bits per heavy atom. The molecular weight excluding hydrogens is 364 g/mol. The zero-order valence-electron chi connectivity index (χ0n) is 12.7. The summed E-state index contributed by atoms with van der Waals surface area (Å²) in [5.41, 5.74) is 0.675. The summed E-state index contributed by atoms with van der Waals surface area (Å²) in [7, 11) is -3.81. The molecule has 0 spiro atoms. The molecule has 128 valence electrons. The molecule has 2 rings (SSSR count). The van der Waals surface area contributed by atoms with Crippen molar-refractivity contribution in [3.63, 3.8) is 0 Å². The van der Waals surface area contributed by atoms with E-state index in [1.54, 1.807) is 30.3 Å². The Kier molecular flexibility index (Phi) is 5.77. The second kappa shape index (κ2) is 7.81. The van der Waals surface area contributed by atoms with Crippen molar-refractivity contribution in [3.8, 4) is 6.07 Å². The highest BCUT2D eigenvalue weighted by molar-refractivity contribution is 7.89. The van der Waals surface area contributed by atoms with Crippen molar-refractivity contribution in [1.29, 1.82) is 5.26 Å². The molecule has 1 amide bonds. The van der Waals surface area contributed by atoms with E-state index in [-0.39, 0.29) is 10.5 Å². The van der Waals surface area contributed by atoms with E-state index in [2.05, 4.69) is 10.6 Å². The van der Waals surface area contributed by atoms with Crippen molar-refractivity contribution in [3.05, 3.63) is 65.3 Å². The third-order valence-electron chi connectivity index (χ3n) is 3.05. The van der Waals surface area contributed by atoms with Gasteiger partial charge in [0.25, 0.3) is 5.91 Å².